The normalized spacial score (nSPS) is 15.2. The van der Waals surface area contributed by atoms with E-state index in [1.165, 1.54) is 0 Å². The Morgan fingerprint density at radius 1 is 0.967 bits per heavy atom. The molecule has 1 fully saturated rings. The molecule has 5 nitrogen and oxygen atoms in total. The Kier molecular flexibility index (Phi) is 5.62. The van der Waals surface area contributed by atoms with Crippen LogP contribution in [0.3, 0.4) is 0 Å². The number of benzene rings is 1. The number of piperidine rings is 1. The fourth-order valence-corrected chi connectivity index (χ4v) is 4.02. The zero-order valence-electron chi connectivity index (χ0n) is 17.9. The summed E-state index contributed by atoms with van der Waals surface area (Å²) in [5.74, 6) is 1.27. The Morgan fingerprint density at radius 3 is 2.27 bits per heavy atom. The minimum atomic E-state index is -0.343. The number of hydrogen-bond donors (Lipinski definition) is 0. The van der Waals surface area contributed by atoms with Crippen molar-refractivity contribution in [1.82, 2.24) is 19.9 Å². The van der Waals surface area contributed by atoms with E-state index < -0.39 is 0 Å². The average molecular weight is 401 g/mol. The molecule has 0 spiro atoms. The van der Waals surface area contributed by atoms with Gasteiger partial charge < -0.3 is 4.90 Å². The van der Waals surface area contributed by atoms with E-state index in [1.54, 1.807) is 12.4 Å². The van der Waals surface area contributed by atoms with Gasteiger partial charge >= 0.3 is 0 Å². The van der Waals surface area contributed by atoms with Crippen molar-refractivity contribution in [2.75, 3.05) is 13.1 Å². The molecule has 1 aliphatic rings. The van der Waals surface area contributed by atoms with Crippen molar-refractivity contribution in [3.8, 4) is 22.5 Å². The highest BCUT2D eigenvalue weighted by Gasteiger charge is 2.32. The standard InChI is InChI=1S/C25H28N4O/c1-25(2,3)24(30)29-15-11-19(12-16-29)22-21(18-9-13-26-14-10-18)17-27-23(28-22)20-7-5-4-6-8-20/h4-10,13-14,17,19H,11-12,15-16H2,1-3H3. The molecular formula is C25H28N4O. The van der Waals surface area contributed by atoms with Gasteiger partial charge in [-0.2, -0.15) is 0 Å². The Balaban J connectivity index is 1.66. The summed E-state index contributed by atoms with van der Waals surface area (Å²) in [6.07, 6.45) is 7.35. The summed E-state index contributed by atoms with van der Waals surface area (Å²) in [5.41, 5.74) is 3.87. The van der Waals surface area contributed by atoms with Gasteiger partial charge in [-0.1, -0.05) is 51.1 Å². The van der Waals surface area contributed by atoms with E-state index in [9.17, 15) is 4.79 Å². The zero-order valence-corrected chi connectivity index (χ0v) is 17.9. The number of amides is 1. The maximum atomic E-state index is 12.7. The number of pyridine rings is 1. The predicted molar refractivity (Wildman–Crippen MR) is 119 cm³/mol. The molecule has 0 atom stereocenters. The lowest BCUT2D eigenvalue weighted by molar-refractivity contribution is -0.140. The molecular weight excluding hydrogens is 372 g/mol. The molecule has 1 amide bonds. The third-order valence-electron chi connectivity index (χ3n) is 5.65. The van der Waals surface area contributed by atoms with E-state index in [0.29, 0.717) is 5.92 Å². The van der Waals surface area contributed by atoms with Gasteiger partial charge in [0, 0.05) is 54.1 Å². The quantitative estimate of drug-likeness (QED) is 0.624. The first kappa shape index (κ1) is 20.2. The van der Waals surface area contributed by atoms with E-state index in [2.05, 4.69) is 9.97 Å². The van der Waals surface area contributed by atoms with Crippen molar-refractivity contribution in [3.05, 3.63) is 66.7 Å². The molecule has 1 aromatic carbocycles. The Hall–Kier alpha value is -3.08. The smallest absolute Gasteiger partial charge is 0.227 e. The third kappa shape index (κ3) is 4.25. The monoisotopic (exact) mass is 400 g/mol. The molecule has 0 radical (unpaired) electrons. The number of carbonyl (C=O) groups excluding carboxylic acids is 1. The summed E-state index contributed by atoms with van der Waals surface area (Å²) in [4.78, 5) is 28.5. The van der Waals surface area contributed by atoms with E-state index in [0.717, 1.165) is 54.1 Å². The summed E-state index contributed by atoms with van der Waals surface area (Å²) in [6.45, 7) is 7.49. The fraction of sp³-hybridized carbons (Fsp3) is 0.360. The highest BCUT2D eigenvalue weighted by atomic mass is 16.2. The lowest BCUT2D eigenvalue weighted by Crippen LogP contribution is -2.43. The molecule has 30 heavy (non-hydrogen) atoms. The molecule has 154 valence electrons. The van der Waals surface area contributed by atoms with Crippen molar-refractivity contribution in [2.45, 2.75) is 39.5 Å². The van der Waals surface area contributed by atoms with E-state index in [4.69, 9.17) is 4.98 Å². The van der Waals surface area contributed by atoms with Crippen LogP contribution in [0.5, 0.6) is 0 Å². The Labute approximate surface area is 178 Å². The van der Waals surface area contributed by atoms with Crippen LogP contribution in [0.15, 0.2) is 61.1 Å². The summed E-state index contributed by atoms with van der Waals surface area (Å²) in [5, 5.41) is 0. The van der Waals surface area contributed by atoms with Gasteiger partial charge in [-0.05, 0) is 30.5 Å². The van der Waals surface area contributed by atoms with Crippen LogP contribution in [0, 0.1) is 5.41 Å². The van der Waals surface area contributed by atoms with Gasteiger partial charge in [0.05, 0.1) is 5.69 Å². The molecule has 4 rings (SSSR count). The van der Waals surface area contributed by atoms with E-state index in [-0.39, 0.29) is 11.3 Å². The second-order valence-electron chi connectivity index (χ2n) is 8.91. The number of likely N-dealkylation sites (tertiary alicyclic amines) is 1. The van der Waals surface area contributed by atoms with Gasteiger partial charge in [0.25, 0.3) is 0 Å². The van der Waals surface area contributed by atoms with Crippen LogP contribution < -0.4 is 0 Å². The van der Waals surface area contributed by atoms with Crippen molar-refractivity contribution in [3.63, 3.8) is 0 Å². The van der Waals surface area contributed by atoms with Crippen LogP contribution in [0.4, 0.5) is 0 Å². The first-order valence-electron chi connectivity index (χ1n) is 10.6. The van der Waals surface area contributed by atoms with Gasteiger partial charge in [-0.3, -0.25) is 9.78 Å². The molecule has 5 heteroatoms. The number of carbonyl (C=O) groups is 1. The van der Waals surface area contributed by atoms with E-state index in [1.807, 2.05) is 74.3 Å². The summed E-state index contributed by atoms with van der Waals surface area (Å²) >= 11 is 0. The summed E-state index contributed by atoms with van der Waals surface area (Å²) < 4.78 is 0. The molecule has 0 bridgehead atoms. The van der Waals surface area contributed by atoms with Crippen LogP contribution in [-0.4, -0.2) is 38.8 Å². The lowest BCUT2D eigenvalue weighted by Gasteiger charge is -2.36. The first-order valence-corrected chi connectivity index (χ1v) is 10.6. The SMILES string of the molecule is CC(C)(C)C(=O)N1CCC(c2nc(-c3ccccc3)ncc2-c2ccncc2)CC1. The third-order valence-corrected chi connectivity index (χ3v) is 5.65. The zero-order chi connectivity index (χ0) is 21.1. The van der Waals surface area contributed by atoms with Crippen molar-refractivity contribution >= 4 is 5.91 Å². The second kappa shape index (κ2) is 8.34. The molecule has 0 aliphatic carbocycles. The van der Waals surface area contributed by atoms with Crippen LogP contribution in [0.2, 0.25) is 0 Å². The Bertz CT molecular complexity index is 1000. The van der Waals surface area contributed by atoms with Gasteiger partial charge in [-0.15, -0.1) is 0 Å². The van der Waals surface area contributed by atoms with Gasteiger partial charge in [0.15, 0.2) is 5.82 Å². The topological polar surface area (TPSA) is 59.0 Å². The maximum Gasteiger partial charge on any atom is 0.227 e. The molecule has 0 unspecified atom stereocenters. The van der Waals surface area contributed by atoms with Gasteiger partial charge in [0.1, 0.15) is 0 Å². The number of hydrogen-bond acceptors (Lipinski definition) is 4. The highest BCUT2D eigenvalue weighted by Crippen LogP contribution is 2.35. The largest absolute Gasteiger partial charge is 0.342 e. The van der Waals surface area contributed by atoms with Crippen LogP contribution in [0.25, 0.3) is 22.5 Å². The van der Waals surface area contributed by atoms with E-state index >= 15 is 0 Å². The van der Waals surface area contributed by atoms with Crippen LogP contribution in [-0.2, 0) is 4.79 Å². The van der Waals surface area contributed by atoms with Crippen LogP contribution in [0.1, 0.15) is 45.2 Å². The van der Waals surface area contributed by atoms with Crippen molar-refractivity contribution in [1.29, 1.82) is 0 Å². The predicted octanol–water partition coefficient (Wildman–Crippen LogP) is 4.96. The number of nitrogens with zero attached hydrogens (tertiary/aromatic N) is 4. The van der Waals surface area contributed by atoms with Crippen molar-refractivity contribution in [2.24, 2.45) is 5.41 Å². The minimum absolute atomic E-state index is 0.225. The van der Waals surface area contributed by atoms with Crippen LogP contribution >= 0.6 is 0 Å². The molecule has 2 aromatic heterocycles. The molecule has 3 aromatic rings. The van der Waals surface area contributed by atoms with Crippen molar-refractivity contribution < 1.29 is 4.79 Å². The Morgan fingerprint density at radius 2 is 1.63 bits per heavy atom. The molecule has 0 N–H and O–H groups in total. The van der Waals surface area contributed by atoms with Gasteiger partial charge in [0.2, 0.25) is 5.91 Å². The lowest BCUT2D eigenvalue weighted by atomic mass is 9.87. The first-order chi connectivity index (χ1) is 14.4. The average Bonchev–Trinajstić information content (AvgIpc) is 2.79. The molecule has 0 saturated carbocycles. The fourth-order valence-electron chi connectivity index (χ4n) is 4.02. The molecule has 1 aliphatic heterocycles. The minimum Gasteiger partial charge on any atom is -0.342 e. The summed E-state index contributed by atoms with van der Waals surface area (Å²) in [7, 11) is 0. The number of aromatic nitrogens is 3. The summed E-state index contributed by atoms with van der Waals surface area (Å²) in [6, 6.07) is 14.1. The molecule has 3 heterocycles. The molecule has 1 saturated heterocycles. The highest BCUT2D eigenvalue weighted by molar-refractivity contribution is 5.81. The maximum absolute atomic E-state index is 12.7. The number of rotatable bonds is 3. The van der Waals surface area contributed by atoms with Gasteiger partial charge in [-0.25, -0.2) is 9.97 Å². The second-order valence-corrected chi connectivity index (χ2v) is 8.91.